The van der Waals surface area contributed by atoms with Crippen molar-refractivity contribution >= 4 is 27.3 Å². The van der Waals surface area contributed by atoms with Gasteiger partial charge in [-0.15, -0.1) is 0 Å². The number of nitrogens with zero attached hydrogens (tertiary/aromatic N) is 1. The quantitative estimate of drug-likeness (QED) is 0.595. The highest BCUT2D eigenvalue weighted by atomic mass is 16.5. The number of hydrogen-bond donors (Lipinski definition) is 2. The number of nitrogens with two attached hydrogens (primary N) is 1. The molecule has 1 heterocycles. The molecule has 29 heavy (non-hydrogen) atoms. The Morgan fingerprint density at radius 2 is 2.03 bits per heavy atom. The van der Waals surface area contributed by atoms with Crippen LogP contribution in [0.4, 0.5) is 5.69 Å². The highest BCUT2D eigenvalue weighted by molar-refractivity contribution is 6.41. The predicted molar refractivity (Wildman–Crippen MR) is 116 cm³/mol. The molecule has 0 aliphatic carbocycles. The van der Waals surface area contributed by atoms with Crippen LogP contribution in [0.3, 0.4) is 0 Å². The minimum atomic E-state index is -1.30. The number of nitrogens with one attached hydrogen (secondary N) is 1. The van der Waals surface area contributed by atoms with Crippen LogP contribution in [0.25, 0.3) is 11.1 Å². The molecule has 3 N–H and O–H groups in total. The van der Waals surface area contributed by atoms with Gasteiger partial charge in [0.25, 0.3) is 0 Å². The van der Waals surface area contributed by atoms with Crippen molar-refractivity contribution in [1.29, 1.82) is 5.26 Å². The van der Waals surface area contributed by atoms with Crippen molar-refractivity contribution in [2.75, 3.05) is 18.5 Å². The average Bonchev–Trinajstić information content (AvgIpc) is 3.00. The lowest BCUT2D eigenvalue weighted by Crippen LogP contribution is -2.29. The number of carbonyl (C=O) groups is 1. The van der Waals surface area contributed by atoms with E-state index in [4.69, 9.17) is 26.2 Å². The van der Waals surface area contributed by atoms with Crippen LogP contribution >= 0.6 is 0 Å². The minimum absolute atomic E-state index is 0.0611. The third-order valence-corrected chi connectivity index (χ3v) is 5.04. The molecule has 1 amide bonds. The van der Waals surface area contributed by atoms with Crippen molar-refractivity contribution in [2.45, 2.75) is 25.0 Å². The van der Waals surface area contributed by atoms with Crippen LogP contribution in [0, 0.1) is 11.3 Å². The molecule has 0 atom stereocenters. The summed E-state index contributed by atoms with van der Waals surface area (Å²) in [5, 5.41) is 11.5. The van der Waals surface area contributed by atoms with Crippen LogP contribution in [0.5, 0.6) is 5.75 Å². The summed E-state index contributed by atoms with van der Waals surface area (Å²) in [6.45, 7) is 8.05. The van der Waals surface area contributed by atoms with Gasteiger partial charge in [0.2, 0.25) is 5.91 Å². The first kappa shape index (κ1) is 20.6. The van der Waals surface area contributed by atoms with Crippen molar-refractivity contribution in [3.8, 4) is 22.9 Å². The first-order chi connectivity index (χ1) is 13.7. The standard InChI is InChI=1S/C22H21B2N3O2/c1-12(2)14-4-6-15(7-5-14)16-8-18(27-10-13(3)21(26)28)17(9-25)19-20(16)29-11-22(19,23)24/h4-8,12,27H,3,10-11H2,1-2H3,(H2,26,28). The van der Waals surface area contributed by atoms with E-state index >= 15 is 0 Å². The van der Waals surface area contributed by atoms with E-state index in [9.17, 15) is 10.1 Å². The van der Waals surface area contributed by atoms with Gasteiger partial charge >= 0.3 is 0 Å². The van der Waals surface area contributed by atoms with E-state index in [1.54, 1.807) is 6.07 Å². The third-order valence-electron chi connectivity index (χ3n) is 5.04. The van der Waals surface area contributed by atoms with Crippen LogP contribution in [-0.2, 0) is 10.0 Å². The summed E-state index contributed by atoms with van der Waals surface area (Å²) in [5.74, 6) is 0.296. The number of anilines is 1. The number of fused-ring (bicyclic) bond motifs is 1. The van der Waals surface area contributed by atoms with Gasteiger partial charge in [-0.25, -0.2) is 0 Å². The zero-order valence-corrected chi connectivity index (χ0v) is 16.6. The average molecular weight is 381 g/mol. The molecule has 7 heteroatoms. The molecule has 0 saturated heterocycles. The Morgan fingerprint density at radius 3 is 2.59 bits per heavy atom. The highest BCUT2D eigenvalue weighted by Gasteiger charge is 2.37. The van der Waals surface area contributed by atoms with Crippen molar-refractivity contribution in [3.05, 3.63) is 59.2 Å². The molecular formula is C22H21B2N3O2. The fourth-order valence-electron chi connectivity index (χ4n) is 3.33. The van der Waals surface area contributed by atoms with E-state index in [-0.39, 0.29) is 24.3 Å². The molecule has 2 aromatic rings. The van der Waals surface area contributed by atoms with Crippen molar-refractivity contribution in [3.63, 3.8) is 0 Å². The molecule has 0 fully saturated rings. The Balaban J connectivity index is 2.15. The summed E-state index contributed by atoms with van der Waals surface area (Å²) >= 11 is 0. The summed E-state index contributed by atoms with van der Waals surface area (Å²) in [7, 11) is 12.5. The summed E-state index contributed by atoms with van der Waals surface area (Å²) in [6.07, 6.45) is 0. The summed E-state index contributed by atoms with van der Waals surface area (Å²) in [5.41, 5.74) is 9.55. The van der Waals surface area contributed by atoms with Gasteiger partial charge in [0, 0.05) is 23.2 Å². The van der Waals surface area contributed by atoms with Crippen LogP contribution in [0.15, 0.2) is 42.5 Å². The van der Waals surface area contributed by atoms with Crippen LogP contribution in [0.1, 0.15) is 36.5 Å². The molecule has 0 spiro atoms. The SMILES string of the molecule is [B]C1([B])COc2c(-c3ccc(C(C)C)cc3)cc(NCC(=C)C(N)=O)c(C#N)c21. The summed E-state index contributed by atoms with van der Waals surface area (Å²) < 4.78 is 5.82. The third kappa shape index (κ3) is 3.88. The molecule has 5 nitrogen and oxygen atoms in total. The largest absolute Gasteiger partial charge is 0.493 e. The number of nitriles is 1. The van der Waals surface area contributed by atoms with E-state index in [1.807, 2.05) is 12.1 Å². The Bertz CT molecular complexity index is 1020. The number of rotatable bonds is 6. The first-order valence-corrected chi connectivity index (χ1v) is 9.29. The summed E-state index contributed by atoms with van der Waals surface area (Å²) in [4.78, 5) is 11.3. The summed E-state index contributed by atoms with van der Waals surface area (Å²) in [6, 6.07) is 12.1. The second-order valence-corrected chi connectivity index (χ2v) is 7.59. The molecule has 3 rings (SSSR count). The highest BCUT2D eigenvalue weighted by Crippen LogP contribution is 2.47. The zero-order valence-electron chi connectivity index (χ0n) is 16.6. The Morgan fingerprint density at radius 1 is 1.38 bits per heavy atom. The topological polar surface area (TPSA) is 88.1 Å². The Labute approximate surface area is 173 Å². The minimum Gasteiger partial charge on any atom is -0.493 e. The van der Waals surface area contributed by atoms with Crippen molar-refractivity contribution < 1.29 is 9.53 Å². The van der Waals surface area contributed by atoms with E-state index in [2.05, 4.69) is 43.9 Å². The normalized spacial score (nSPS) is 14.0. The molecule has 1 aliphatic rings. The van der Waals surface area contributed by atoms with E-state index in [0.717, 1.165) is 11.1 Å². The molecule has 0 bridgehead atoms. The monoisotopic (exact) mass is 381 g/mol. The van der Waals surface area contributed by atoms with Gasteiger partial charge in [0.1, 0.15) is 11.8 Å². The number of hydrogen-bond acceptors (Lipinski definition) is 4. The number of benzene rings is 2. The van der Waals surface area contributed by atoms with Crippen LogP contribution in [0.2, 0.25) is 0 Å². The molecule has 142 valence electrons. The second-order valence-electron chi connectivity index (χ2n) is 7.59. The van der Waals surface area contributed by atoms with E-state index in [0.29, 0.717) is 22.9 Å². The maximum atomic E-state index is 11.3. The van der Waals surface area contributed by atoms with Gasteiger partial charge in [0.15, 0.2) is 0 Å². The second kappa shape index (κ2) is 7.71. The van der Waals surface area contributed by atoms with Gasteiger partial charge < -0.3 is 15.8 Å². The van der Waals surface area contributed by atoms with E-state index in [1.165, 1.54) is 5.56 Å². The van der Waals surface area contributed by atoms with Gasteiger partial charge in [-0.2, -0.15) is 5.26 Å². The van der Waals surface area contributed by atoms with Gasteiger partial charge in [0.05, 0.1) is 33.6 Å². The molecule has 4 radical (unpaired) electrons. The molecule has 0 saturated carbocycles. The fraction of sp³-hybridized carbons (Fsp3) is 0.273. The lowest BCUT2D eigenvalue weighted by molar-refractivity contribution is -0.114. The van der Waals surface area contributed by atoms with Gasteiger partial charge in [-0.1, -0.05) is 44.7 Å². The number of primary amides is 1. The van der Waals surface area contributed by atoms with E-state index < -0.39 is 11.1 Å². The molecule has 2 aromatic carbocycles. The number of carbonyl (C=O) groups excluding carboxylic acids is 1. The maximum Gasteiger partial charge on any atom is 0.245 e. The predicted octanol–water partition coefficient (Wildman–Crippen LogP) is 2.68. The smallest absolute Gasteiger partial charge is 0.245 e. The molecule has 0 unspecified atom stereocenters. The van der Waals surface area contributed by atoms with Crippen molar-refractivity contribution in [2.24, 2.45) is 5.73 Å². The van der Waals surface area contributed by atoms with Gasteiger partial charge in [-0.05, 0) is 28.3 Å². The van der Waals surface area contributed by atoms with Gasteiger partial charge in [-0.3, -0.25) is 4.79 Å². The van der Waals surface area contributed by atoms with Crippen LogP contribution in [-0.4, -0.2) is 34.8 Å². The maximum absolute atomic E-state index is 11.3. The Kier molecular flexibility index (Phi) is 5.48. The molecule has 0 aromatic heterocycles. The lowest BCUT2D eigenvalue weighted by Gasteiger charge is -2.21. The Hall–Kier alpha value is -3.13. The number of ether oxygens (including phenoxy) is 1. The molecule has 1 aliphatic heterocycles. The van der Waals surface area contributed by atoms with Crippen LogP contribution < -0.4 is 15.8 Å². The van der Waals surface area contributed by atoms with Crippen molar-refractivity contribution in [1.82, 2.24) is 0 Å². The lowest BCUT2D eigenvalue weighted by atomic mass is 9.51. The number of amides is 1. The fourth-order valence-corrected chi connectivity index (χ4v) is 3.33. The first-order valence-electron chi connectivity index (χ1n) is 9.29. The zero-order chi connectivity index (χ0) is 21.3. The molecular weight excluding hydrogens is 360 g/mol.